The zero-order valence-corrected chi connectivity index (χ0v) is 35.8. The lowest BCUT2D eigenvalue weighted by atomic mass is 10.1. The minimum Gasteiger partial charge on any atom is -0.433 e. The Balaban J connectivity index is 0.720. The van der Waals surface area contributed by atoms with Gasteiger partial charge in [0.15, 0.2) is 17.2 Å². The van der Waals surface area contributed by atoms with E-state index in [1.54, 1.807) is 59.7 Å². The lowest BCUT2D eigenvalue weighted by Crippen LogP contribution is -2.49. The summed E-state index contributed by atoms with van der Waals surface area (Å²) >= 11 is 1.42. The minimum atomic E-state index is -2.67. The van der Waals surface area contributed by atoms with E-state index in [0.29, 0.717) is 66.5 Å². The zero-order valence-electron chi connectivity index (χ0n) is 35.0. The Kier molecular flexibility index (Phi) is 15.2. The molecule has 3 aromatic heterocycles. The molecule has 0 bridgehead atoms. The van der Waals surface area contributed by atoms with Crippen LogP contribution in [0.2, 0.25) is 0 Å². The van der Waals surface area contributed by atoms with Crippen molar-refractivity contribution in [1.29, 1.82) is 0 Å². The third-order valence-corrected chi connectivity index (χ3v) is 12.3. The number of anilines is 3. The summed E-state index contributed by atoms with van der Waals surface area (Å²) in [5.41, 5.74) is 4.07. The quantitative estimate of drug-likeness (QED) is 0.0794. The lowest BCUT2D eigenvalue weighted by Gasteiger charge is -2.35. The molecule has 17 heteroatoms. The van der Waals surface area contributed by atoms with Gasteiger partial charge in [-0.15, -0.1) is 11.3 Å². The van der Waals surface area contributed by atoms with Gasteiger partial charge in [-0.2, -0.15) is 0 Å². The Morgan fingerprint density at radius 2 is 1.63 bits per heavy atom. The first-order valence-corrected chi connectivity index (χ1v) is 22.2. The number of halogens is 2. The molecule has 62 heavy (non-hydrogen) atoms. The highest BCUT2D eigenvalue weighted by Gasteiger charge is 2.32. The zero-order chi connectivity index (χ0) is 43.4. The van der Waals surface area contributed by atoms with E-state index in [4.69, 9.17) is 0 Å². The standard InChI is InChI=1S/C45H52BF2N9O4S/c1-53-33(16-17-34(53)31-35-18-20-39(57(35)46(47)48)40-14-10-30-62-40)19-21-42(59)50-22-6-2-3-15-41(58)49-23-7-8-25-54-26-28-55(29-27-54)32-43(60)56-38-13-5-4-11-36(38)45(61)52-37-12-9-24-51-44(37)56/h4-5,9-14,16-18,20,24,30-31H,2-3,6-8,15,19,21-23,25-29,32H2,1H3,(H2-,49,50,52,58,59,61)/q-1/p+1. The van der Waals surface area contributed by atoms with E-state index in [9.17, 15) is 27.8 Å². The molecule has 6 heterocycles. The average Bonchev–Trinajstić information content (AvgIpc) is 4.02. The van der Waals surface area contributed by atoms with E-state index in [1.807, 2.05) is 47.3 Å². The number of thiophene rings is 1. The Labute approximate surface area is 365 Å². The SMILES string of the molecule is Cn1c(C=C2C=CC(c3cccs3)=[N+]2[B-](F)F)ccc1CCC(=O)NCCCCCC(=O)NCCCCN1CCN(CC(=O)N2c3ccccc3C(=O)Nc3cccnc32)CC1. The predicted octanol–water partition coefficient (Wildman–Crippen LogP) is 5.87. The van der Waals surface area contributed by atoms with E-state index in [-0.39, 0.29) is 30.2 Å². The van der Waals surface area contributed by atoms with Gasteiger partial charge in [0.2, 0.25) is 17.7 Å². The van der Waals surface area contributed by atoms with Gasteiger partial charge in [0.1, 0.15) is 0 Å². The number of nitrogens with one attached hydrogen (secondary N) is 3. The van der Waals surface area contributed by atoms with Gasteiger partial charge < -0.3 is 38.5 Å². The molecule has 0 atom stereocenters. The molecule has 0 spiro atoms. The minimum absolute atomic E-state index is 0.0434. The number of piperazine rings is 1. The van der Waals surface area contributed by atoms with Gasteiger partial charge in [-0.3, -0.25) is 29.0 Å². The lowest BCUT2D eigenvalue weighted by molar-refractivity contribution is -0.339. The molecular formula is C45H53BF2N9O4S. The van der Waals surface area contributed by atoms with Crippen molar-refractivity contribution < 1.29 is 32.3 Å². The summed E-state index contributed by atoms with van der Waals surface area (Å²) < 4.78 is 31.0. The summed E-state index contributed by atoms with van der Waals surface area (Å²) in [4.78, 5) is 62.9. The summed E-state index contributed by atoms with van der Waals surface area (Å²) in [6.45, 7) is 5.52. The average molecular weight is 865 g/mol. The van der Waals surface area contributed by atoms with Crippen molar-refractivity contribution in [3.05, 3.63) is 112 Å². The van der Waals surface area contributed by atoms with Crippen molar-refractivity contribution in [1.82, 2.24) is 30.0 Å². The number of rotatable bonds is 19. The molecule has 3 aliphatic rings. The van der Waals surface area contributed by atoms with E-state index >= 15 is 0 Å². The molecule has 1 saturated heterocycles. The first-order valence-electron chi connectivity index (χ1n) is 21.4. The van der Waals surface area contributed by atoms with Crippen LogP contribution in [0, 0.1) is 0 Å². The van der Waals surface area contributed by atoms with Gasteiger partial charge >= 0.3 is 7.40 Å². The molecule has 3 N–H and O–H groups in total. The van der Waals surface area contributed by atoms with Crippen molar-refractivity contribution in [2.24, 2.45) is 7.05 Å². The maximum Gasteiger partial charge on any atom is 0.609 e. The number of pyridine rings is 1. The fourth-order valence-electron chi connectivity index (χ4n) is 7.99. The van der Waals surface area contributed by atoms with Crippen LogP contribution in [0.4, 0.5) is 25.8 Å². The first-order chi connectivity index (χ1) is 30.2. The molecular weight excluding hydrogens is 811 g/mol. The van der Waals surface area contributed by atoms with Gasteiger partial charge in [-0.05, 0) is 86.5 Å². The maximum absolute atomic E-state index is 14.0. The van der Waals surface area contributed by atoms with Gasteiger partial charge in [0, 0.05) is 95.0 Å². The van der Waals surface area contributed by atoms with Crippen LogP contribution in [0.1, 0.15) is 71.6 Å². The molecule has 325 valence electrons. The number of allylic oxidation sites excluding steroid dienone is 2. The summed E-state index contributed by atoms with van der Waals surface area (Å²) in [5, 5.41) is 10.8. The molecule has 1 radical (unpaired) electrons. The number of carbonyl (C=O) groups excluding carboxylic acids is 4. The monoisotopic (exact) mass is 864 g/mol. The largest absolute Gasteiger partial charge is 0.609 e. The number of fused-ring (bicyclic) bond motifs is 2. The second-order valence-corrected chi connectivity index (χ2v) is 16.6. The molecule has 4 aromatic rings. The first kappa shape index (κ1) is 44.3. The fourth-order valence-corrected chi connectivity index (χ4v) is 8.74. The topological polar surface area (TPSA) is 135 Å². The number of unbranched alkanes of at least 4 members (excludes halogenated alkanes) is 3. The second-order valence-electron chi connectivity index (χ2n) is 15.6. The normalized spacial score (nSPS) is 16.1. The van der Waals surface area contributed by atoms with Crippen molar-refractivity contribution in [3.63, 3.8) is 0 Å². The van der Waals surface area contributed by atoms with Gasteiger partial charge in [0.25, 0.3) is 5.91 Å². The molecule has 0 unspecified atom stereocenters. The number of benzene rings is 1. The Hall–Kier alpha value is -5.78. The third-order valence-electron chi connectivity index (χ3n) is 11.4. The predicted molar refractivity (Wildman–Crippen MR) is 240 cm³/mol. The van der Waals surface area contributed by atoms with Crippen molar-refractivity contribution in [2.45, 2.75) is 51.4 Å². The fraction of sp³-hybridized carbons (Fsp3) is 0.378. The Bertz CT molecular complexity index is 2320. The summed E-state index contributed by atoms with van der Waals surface area (Å²) in [6, 6.07) is 18.1. The summed E-state index contributed by atoms with van der Waals surface area (Å²) in [5.74, 6) is 0.00636. The van der Waals surface area contributed by atoms with Gasteiger partial charge in [0.05, 0.1) is 28.4 Å². The van der Waals surface area contributed by atoms with Crippen LogP contribution in [0.5, 0.6) is 0 Å². The highest BCUT2D eigenvalue weighted by atomic mass is 32.1. The highest BCUT2D eigenvalue weighted by Crippen LogP contribution is 2.36. The summed E-state index contributed by atoms with van der Waals surface area (Å²) in [7, 11) is -0.797. The van der Waals surface area contributed by atoms with Crippen LogP contribution < -0.4 is 20.9 Å². The number of carbonyl (C=O) groups is 4. The van der Waals surface area contributed by atoms with Crippen LogP contribution >= 0.6 is 11.3 Å². The second kappa shape index (κ2) is 21.3. The number of amides is 4. The van der Waals surface area contributed by atoms with E-state index in [1.165, 1.54) is 11.3 Å². The number of para-hydroxylation sites is 1. The summed E-state index contributed by atoms with van der Waals surface area (Å²) in [6.07, 6.45) is 12.3. The van der Waals surface area contributed by atoms with Crippen LogP contribution in [0.25, 0.3) is 6.08 Å². The smallest absolute Gasteiger partial charge is 0.433 e. The number of aromatic nitrogens is 2. The number of hydrogen-bond donors (Lipinski definition) is 3. The van der Waals surface area contributed by atoms with Gasteiger partial charge in [-0.25, -0.2) is 4.98 Å². The van der Waals surface area contributed by atoms with E-state index in [2.05, 4.69) is 30.7 Å². The molecule has 13 nitrogen and oxygen atoms in total. The van der Waals surface area contributed by atoms with Crippen LogP contribution in [0.3, 0.4) is 0 Å². The number of aryl methyl sites for hydroxylation is 1. The maximum atomic E-state index is 14.0. The van der Waals surface area contributed by atoms with Crippen LogP contribution in [-0.4, -0.2) is 113 Å². The Morgan fingerprint density at radius 1 is 0.871 bits per heavy atom. The van der Waals surface area contributed by atoms with E-state index in [0.717, 1.165) is 85.6 Å². The molecule has 1 aromatic carbocycles. The third kappa shape index (κ3) is 11.2. The van der Waals surface area contributed by atoms with Crippen LogP contribution in [0.15, 0.2) is 90.1 Å². The van der Waals surface area contributed by atoms with Gasteiger partial charge in [-0.1, -0.05) is 24.6 Å². The number of hydrogen-bond acceptors (Lipinski definition) is 8. The van der Waals surface area contributed by atoms with Crippen molar-refractivity contribution >= 4 is 71.3 Å². The molecule has 7 rings (SSSR count). The molecule has 3 aliphatic heterocycles. The molecule has 4 amide bonds. The highest BCUT2D eigenvalue weighted by molar-refractivity contribution is 7.12. The number of nitrogens with zero attached hydrogens (tertiary/aromatic N) is 6. The Morgan fingerprint density at radius 3 is 2.40 bits per heavy atom. The van der Waals surface area contributed by atoms with Crippen molar-refractivity contribution in [2.75, 3.05) is 62.6 Å². The van der Waals surface area contributed by atoms with Crippen LogP contribution in [-0.2, 0) is 27.9 Å². The molecule has 1 fully saturated rings. The molecule has 0 aliphatic carbocycles. The van der Waals surface area contributed by atoms with E-state index < -0.39 is 7.40 Å². The van der Waals surface area contributed by atoms with Crippen molar-refractivity contribution in [3.8, 4) is 0 Å². The molecule has 0 saturated carbocycles.